The predicted octanol–water partition coefficient (Wildman–Crippen LogP) is 1.31. The topological polar surface area (TPSA) is 73.2 Å². The van der Waals surface area contributed by atoms with E-state index in [9.17, 15) is 0 Å². The van der Waals surface area contributed by atoms with E-state index >= 15 is 0 Å². The van der Waals surface area contributed by atoms with E-state index in [4.69, 9.17) is 15.2 Å². The third-order valence-electron chi connectivity index (χ3n) is 2.76. The van der Waals surface area contributed by atoms with Gasteiger partial charge in [0.15, 0.2) is 11.5 Å². The van der Waals surface area contributed by atoms with Gasteiger partial charge in [-0.1, -0.05) is 0 Å². The molecule has 0 saturated carbocycles. The number of imidazole rings is 1. The summed E-state index contributed by atoms with van der Waals surface area (Å²) in [5.41, 5.74) is 8.55. The first kappa shape index (κ1) is 10.2. The Balaban J connectivity index is 2.00. The van der Waals surface area contributed by atoms with Crippen molar-refractivity contribution < 1.29 is 9.47 Å². The molecule has 5 heteroatoms. The zero-order valence-electron chi connectivity index (χ0n) is 9.27. The summed E-state index contributed by atoms with van der Waals surface area (Å²) in [5.74, 6) is 1.55. The number of aromatic amines is 1. The van der Waals surface area contributed by atoms with Crippen LogP contribution in [0.3, 0.4) is 0 Å². The van der Waals surface area contributed by atoms with E-state index in [0.29, 0.717) is 6.54 Å². The first-order chi connectivity index (χ1) is 8.38. The third kappa shape index (κ3) is 1.74. The molecular weight excluding hydrogens is 218 g/mol. The number of nitrogens with one attached hydrogen (secondary N) is 1. The highest BCUT2D eigenvalue weighted by Gasteiger charge is 2.16. The number of fused-ring (bicyclic) bond motifs is 1. The Morgan fingerprint density at radius 1 is 1.29 bits per heavy atom. The molecule has 0 aliphatic carbocycles. The Morgan fingerprint density at radius 3 is 3.06 bits per heavy atom. The van der Waals surface area contributed by atoms with Crippen molar-refractivity contribution in [3.05, 3.63) is 30.2 Å². The molecule has 0 unspecified atom stereocenters. The summed E-state index contributed by atoms with van der Waals surface area (Å²) in [5, 5.41) is 0. The summed E-state index contributed by atoms with van der Waals surface area (Å²) in [6.07, 6.45) is 2.47. The standard InChI is InChI=1S/C12H13N3O2/c13-4-3-9-12(15-6-14-9)8-1-2-10-11(5-8)17-7-16-10/h1-2,5-6H,3-4,7,13H2,(H,14,15). The van der Waals surface area contributed by atoms with Crippen LogP contribution in [0.5, 0.6) is 11.5 Å². The SMILES string of the molecule is NCCc1[nH]cnc1-c1ccc2c(c1)OCO2. The summed E-state index contributed by atoms with van der Waals surface area (Å²) in [7, 11) is 0. The number of H-pyrrole nitrogens is 1. The molecule has 1 aromatic heterocycles. The average molecular weight is 231 g/mol. The molecule has 1 aliphatic rings. The highest BCUT2D eigenvalue weighted by atomic mass is 16.7. The van der Waals surface area contributed by atoms with E-state index in [1.165, 1.54) is 0 Å². The van der Waals surface area contributed by atoms with Gasteiger partial charge in [-0.3, -0.25) is 0 Å². The largest absolute Gasteiger partial charge is 0.454 e. The highest BCUT2D eigenvalue weighted by molar-refractivity contribution is 5.66. The molecule has 1 aromatic carbocycles. The molecule has 0 radical (unpaired) electrons. The molecule has 1 aliphatic heterocycles. The van der Waals surface area contributed by atoms with Crippen molar-refractivity contribution in [1.82, 2.24) is 9.97 Å². The van der Waals surface area contributed by atoms with Crippen LogP contribution in [-0.2, 0) is 6.42 Å². The molecule has 3 N–H and O–H groups in total. The summed E-state index contributed by atoms with van der Waals surface area (Å²) >= 11 is 0. The second-order valence-corrected chi connectivity index (χ2v) is 3.84. The van der Waals surface area contributed by atoms with Gasteiger partial charge >= 0.3 is 0 Å². The van der Waals surface area contributed by atoms with E-state index in [1.54, 1.807) is 6.33 Å². The van der Waals surface area contributed by atoms with Gasteiger partial charge in [-0.25, -0.2) is 4.98 Å². The van der Waals surface area contributed by atoms with Gasteiger partial charge in [-0.05, 0) is 24.7 Å². The van der Waals surface area contributed by atoms with Gasteiger partial charge in [0.05, 0.1) is 12.0 Å². The first-order valence-electron chi connectivity index (χ1n) is 5.51. The van der Waals surface area contributed by atoms with Crippen LogP contribution in [0.4, 0.5) is 0 Å². The van der Waals surface area contributed by atoms with Crippen molar-refractivity contribution in [2.45, 2.75) is 6.42 Å². The molecule has 0 saturated heterocycles. The van der Waals surface area contributed by atoms with Crippen LogP contribution < -0.4 is 15.2 Å². The van der Waals surface area contributed by atoms with Crippen LogP contribution in [0.15, 0.2) is 24.5 Å². The number of nitrogens with two attached hydrogens (primary N) is 1. The molecule has 0 atom stereocenters. The summed E-state index contributed by atoms with van der Waals surface area (Å²) in [6, 6.07) is 5.82. The zero-order valence-corrected chi connectivity index (χ0v) is 9.27. The van der Waals surface area contributed by atoms with Crippen molar-refractivity contribution in [2.24, 2.45) is 5.73 Å². The molecule has 2 heterocycles. The summed E-state index contributed by atoms with van der Waals surface area (Å²) in [6.45, 7) is 0.884. The Hall–Kier alpha value is -2.01. The van der Waals surface area contributed by atoms with Gasteiger partial charge in [0.2, 0.25) is 6.79 Å². The fourth-order valence-corrected chi connectivity index (χ4v) is 1.95. The summed E-state index contributed by atoms with van der Waals surface area (Å²) in [4.78, 5) is 7.43. The smallest absolute Gasteiger partial charge is 0.231 e. The van der Waals surface area contributed by atoms with Crippen molar-refractivity contribution in [2.75, 3.05) is 13.3 Å². The van der Waals surface area contributed by atoms with Crippen LogP contribution >= 0.6 is 0 Å². The van der Waals surface area contributed by atoms with Gasteiger partial charge < -0.3 is 20.2 Å². The van der Waals surface area contributed by atoms with Crippen molar-refractivity contribution >= 4 is 0 Å². The number of hydrogen-bond acceptors (Lipinski definition) is 4. The van der Waals surface area contributed by atoms with Gasteiger partial charge in [0, 0.05) is 17.7 Å². The minimum absolute atomic E-state index is 0.287. The fourth-order valence-electron chi connectivity index (χ4n) is 1.95. The lowest BCUT2D eigenvalue weighted by atomic mass is 10.1. The molecule has 0 spiro atoms. The second-order valence-electron chi connectivity index (χ2n) is 3.84. The number of aromatic nitrogens is 2. The number of ether oxygens (including phenoxy) is 2. The monoisotopic (exact) mass is 231 g/mol. The van der Waals surface area contributed by atoms with E-state index < -0.39 is 0 Å². The van der Waals surface area contributed by atoms with Crippen molar-refractivity contribution in [3.8, 4) is 22.8 Å². The predicted molar refractivity (Wildman–Crippen MR) is 62.9 cm³/mol. The second kappa shape index (κ2) is 4.10. The highest BCUT2D eigenvalue weighted by Crippen LogP contribution is 2.35. The average Bonchev–Trinajstić information content (AvgIpc) is 2.96. The Morgan fingerprint density at radius 2 is 2.18 bits per heavy atom. The lowest BCUT2D eigenvalue weighted by Crippen LogP contribution is -2.04. The molecule has 0 bridgehead atoms. The maximum Gasteiger partial charge on any atom is 0.231 e. The van der Waals surface area contributed by atoms with E-state index in [1.807, 2.05) is 18.2 Å². The lowest BCUT2D eigenvalue weighted by Gasteiger charge is -2.03. The van der Waals surface area contributed by atoms with Crippen molar-refractivity contribution in [3.63, 3.8) is 0 Å². The fraction of sp³-hybridized carbons (Fsp3) is 0.250. The van der Waals surface area contributed by atoms with Crippen LogP contribution in [0, 0.1) is 0 Å². The normalized spacial score (nSPS) is 13.0. The summed E-state index contributed by atoms with van der Waals surface area (Å²) < 4.78 is 10.6. The minimum Gasteiger partial charge on any atom is -0.454 e. The number of hydrogen-bond donors (Lipinski definition) is 2. The molecule has 17 heavy (non-hydrogen) atoms. The molecule has 0 fully saturated rings. The van der Waals surface area contributed by atoms with Gasteiger partial charge in [-0.2, -0.15) is 0 Å². The maximum atomic E-state index is 5.56. The van der Waals surface area contributed by atoms with Crippen LogP contribution in [-0.4, -0.2) is 23.3 Å². The van der Waals surface area contributed by atoms with Gasteiger partial charge in [0.25, 0.3) is 0 Å². The third-order valence-corrected chi connectivity index (χ3v) is 2.76. The van der Waals surface area contributed by atoms with Crippen LogP contribution in [0.25, 0.3) is 11.3 Å². The number of rotatable bonds is 3. The molecule has 88 valence electrons. The molecule has 0 amide bonds. The zero-order chi connectivity index (χ0) is 11.7. The van der Waals surface area contributed by atoms with E-state index in [-0.39, 0.29) is 6.79 Å². The number of nitrogens with zero attached hydrogens (tertiary/aromatic N) is 1. The molecule has 3 rings (SSSR count). The maximum absolute atomic E-state index is 5.56. The molecular formula is C12H13N3O2. The minimum atomic E-state index is 0.287. The Kier molecular flexibility index (Phi) is 2.45. The van der Waals surface area contributed by atoms with E-state index in [0.717, 1.165) is 34.9 Å². The lowest BCUT2D eigenvalue weighted by molar-refractivity contribution is 0.174. The molecule has 5 nitrogen and oxygen atoms in total. The quantitative estimate of drug-likeness (QED) is 0.835. The first-order valence-corrected chi connectivity index (χ1v) is 5.51. The van der Waals surface area contributed by atoms with Crippen molar-refractivity contribution in [1.29, 1.82) is 0 Å². The van der Waals surface area contributed by atoms with Crippen LogP contribution in [0.2, 0.25) is 0 Å². The van der Waals surface area contributed by atoms with Crippen LogP contribution in [0.1, 0.15) is 5.69 Å². The van der Waals surface area contributed by atoms with E-state index in [2.05, 4.69) is 9.97 Å². The number of benzene rings is 1. The Labute approximate surface area is 98.6 Å². The Bertz CT molecular complexity index is 536. The molecule has 2 aromatic rings. The van der Waals surface area contributed by atoms with Gasteiger partial charge in [0.1, 0.15) is 0 Å². The van der Waals surface area contributed by atoms with Gasteiger partial charge in [-0.15, -0.1) is 0 Å².